The number of nitrogens with zero attached hydrogens (tertiary/aromatic N) is 2. The molecular formula is C20H23N3O3. The molecule has 26 heavy (non-hydrogen) atoms. The summed E-state index contributed by atoms with van der Waals surface area (Å²) in [6.07, 6.45) is 0.925. The van der Waals surface area contributed by atoms with Gasteiger partial charge in [0.1, 0.15) is 0 Å². The highest BCUT2D eigenvalue weighted by Gasteiger charge is 2.15. The average molecular weight is 353 g/mol. The highest BCUT2D eigenvalue weighted by molar-refractivity contribution is 5.97. The van der Waals surface area contributed by atoms with Crippen LogP contribution in [-0.2, 0) is 13.1 Å². The summed E-state index contributed by atoms with van der Waals surface area (Å²) in [5.74, 6) is 1.02. The third-order valence-electron chi connectivity index (χ3n) is 4.43. The number of hydrogen-bond acceptors (Lipinski definition) is 4. The number of imidazole rings is 1. The Hall–Kier alpha value is -3.02. The van der Waals surface area contributed by atoms with Gasteiger partial charge in [-0.1, -0.05) is 19.1 Å². The van der Waals surface area contributed by atoms with E-state index in [0.717, 1.165) is 24.0 Å². The van der Waals surface area contributed by atoms with Gasteiger partial charge in [-0.2, -0.15) is 0 Å². The molecule has 0 aliphatic rings. The molecule has 0 bridgehead atoms. The second-order valence-corrected chi connectivity index (χ2v) is 6.04. The number of ether oxygens (including phenoxy) is 2. The van der Waals surface area contributed by atoms with Gasteiger partial charge < -0.3 is 18.6 Å². The highest BCUT2D eigenvalue weighted by Crippen LogP contribution is 2.28. The lowest BCUT2D eigenvalue weighted by Gasteiger charge is -2.09. The van der Waals surface area contributed by atoms with E-state index in [2.05, 4.69) is 6.92 Å². The molecule has 3 rings (SSSR count). The zero-order valence-corrected chi connectivity index (χ0v) is 15.3. The molecule has 0 saturated carbocycles. The molecular weight excluding hydrogens is 330 g/mol. The number of ketones is 1. The predicted molar refractivity (Wildman–Crippen MR) is 100.0 cm³/mol. The van der Waals surface area contributed by atoms with E-state index in [1.165, 1.54) is 0 Å². The van der Waals surface area contributed by atoms with E-state index in [9.17, 15) is 4.79 Å². The fourth-order valence-electron chi connectivity index (χ4n) is 3.15. The molecule has 6 heteroatoms. The molecule has 0 aliphatic heterocycles. The molecule has 1 aromatic heterocycles. The normalized spacial score (nSPS) is 10.9. The van der Waals surface area contributed by atoms with Crippen molar-refractivity contribution in [2.75, 3.05) is 14.2 Å². The van der Waals surface area contributed by atoms with Gasteiger partial charge in [-0.05, 0) is 36.8 Å². The Morgan fingerprint density at radius 3 is 2.27 bits per heavy atom. The molecule has 1 heterocycles. The van der Waals surface area contributed by atoms with Crippen molar-refractivity contribution in [3.63, 3.8) is 0 Å². The number of carbonyl (C=O) groups is 1. The highest BCUT2D eigenvalue weighted by atomic mass is 16.5. The number of fused-ring (bicyclic) bond motifs is 1. The number of Topliss-reactive ketones (excluding diaryl/α,β-unsaturated/α-hetero) is 1. The van der Waals surface area contributed by atoms with E-state index in [1.807, 2.05) is 28.8 Å². The molecule has 0 atom stereocenters. The summed E-state index contributed by atoms with van der Waals surface area (Å²) < 4.78 is 14.2. The van der Waals surface area contributed by atoms with Crippen molar-refractivity contribution in [1.82, 2.24) is 9.13 Å². The number of nitrogens with one attached hydrogen (secondary N) is 1. The molecule has 6 nitrogen and oxygen atoms in total. The van der Waals surface area contributed by atoms with Crippen LogP contribution in [0.1, 0.15) is 23.7 Å². The second kappa shape index (κ2) is 7.47. The molecule has 0 unspecified atom stereocenters. The molecule has 2 aromatic carbocycles. The maximum atomic E-state index is 12.8. The van der Waals surface area contributed by atoms with Crippen LogP contribution in [0.2, 0.25) is 0 Å². The standard InChI is InChI=1S/C20H23N3O3/c1-4-11-22-15-7-5-6-8-16(15)23(20(22)21)13-17(24)14-9-10-18(25-2)19(12-14)26-3/h5-10,12,21H,4,11,13H2,1-3H3. The Morgan fingerprint density at radius 1 is 1.00 bits per heavy atom. The van der Waals surface area contributed by atoms with Crippen molar-refractivity contribution >= 4 is 16.8 Å². The summed E-state index contributed by atoms with van der Waals surface area (Å²) in [5, 5.41) is 8.51. The van der Waals surface area contributed by atoms with E-state index in [1.54, 1.807) is 37.0 Å². The number of carbonyl (C=O) groups excluding carboxylic acids is 1. The summed E-state index contributed by atoms with van der Waals surface area (Å²) in [4.78, 5) is 12.8. The van der Waals surface area contributed by atoms with E-state index in [-0.39, 0.29) is 12.3 Å². The number of aryl methyl sites for hydroxylation is 1. The number of rotatable bonds is 7. The van der Waals surface area contributed by atoms with E-state index in [4.69, 9.17) is 14.9 Å². The van der Waals surface area contributed by atoms with Crippen LogP contribution < -0.4 is 15.1 Å². The lowest BCUT2D eigenvalue weighted by atomic mass is 10.1. The van der Waals surface area contributed by atoms with Gasteiger partial charge in [-0.25, -0.2) is 0 Å². The monoisotopic (exact) mass is 353 g/mol. The maximum absolute atomic E-state index is 12.8. The van der Waals surface area contributed by atoms with Crippen molar-refractivity contribution in [2.24, 2.45) is 0 Å². The molecule has 0 saturated heterocycles. The van der Waals surface area contributed by atoms with Gasteiger partial charge in [0.15, 0.2) is 17.3 Å². The third-order valence-corrected chi connectivity index (χ3v) is 4.43. The van der Waals surface area contributed by atoms with Crippen molar-refractivity contribution < 1.29 is 14.3 Å². The van der Waals surface area contributed by atoms with Gasteiger partial charge >= 0.3 is 0 Å². The lowest BCUT2D eigenvalue weighted by Crippen LogP contribution is -2.27. The van der Waals surface area contributed by atoms with Crippen LogP contribution in [-0.4, -0.2) is 29.1 Å². The minimum absolute atomic E-state index is 0.0798. The van der Waals surface area contributed by atoms with Crippen molar-refractivity contribution in [1.29, 1.82) is 5.41 Å². The van der Waals surface area contributed by atoms with Crippen molar-refractivity contribution in [3.05, 3.63) is 53.6 Å². The van der Waals surface area contributed by atoms with E-state index < -0.39 is 0 Å². The van der Waals surface area contributed by atoms with Crippen LogP contribution in [0.15, 0.2) is 42.5 Å². The average Bonchev–Trinajstić information content (AvgIpc) is 2.93. The largest absolute Gasteiger partial charge is 0.493 e. The minimum Gasteiger partial charge on any atom is -0.493 e. The van der Waals surface area contributed by atoms with Crippen LogP contribution in [0.25, 0.3) is 11.0 Å². The fourth-order valence-corrected chi connectivity index (χ4v) is 3.15. The Bertz CT molecular complexity index is 1000. The summed E-state index contributed by atoms with van der Waals surface area (Å²) in [6.45, 7) is 2.93. The summed E-state index contributed by atoms with van der Waals surface area (Å²) in [6, 6.07) is 12.9. The zero-order valence-electron chi connectivity index (χ0n) is 15.3. The van der Waals surface area contributed by atoms with E-state index in [0.29, 0.717) is 22.7 Å². The van der Waals surface area contributed by atoms with Gasteiger partial charge in [0.2, 0.25) is 5.62 Å². The minimum atomic E-state index is -0.0798. The van der Waals surface area contributed by atoms with Crippen molar-refractivity contribution in [3.8, 4) is 11.5 Å². The number of hydrogen-bond donors (Lipinski definition) is 1. The summed E-state index contributed by atoms with van der Waals surface area (Å²) >= 11 is 0. The van der Waals surface area contributed by atoms with Crippen LogP contribution in [0.4, 0.5) is 0 Å². The van der Waals surface area contributed by atoms with Crippen molar-refractivity contribution in [2.45, 2.75) is 26.4 Å². The fraction of sp³-hybridized carbons (Fsp3) is 0.300. The molecule has 3 aromatic rings. The smallest absolute Gasteiger partial charge is 0.203 e. The number of methoxy groups -OCH3 is 2. The molecule has 0 fully saturated rings. The number of aromatic nitrogens is 2. The molecule has 0 amide bonds. The first-order valence-electron chi connectivity index (χ1n) is 8.58. The lowest BCUT2D eigenvalue weighted by molar-refractivity contribution is 0.0971. The Balaban J connectivity index is 2.00. The number of para-hydroxylation sites is 2. The SMILES string of the molecule is CCCn1c(=N)n(CC(=O)c2ccc(OC)c(OC)c2)c2ccccc21. The summed E-state index contributed by atoms with van der Waals surface area (Å²) in [7, 11) is 3.10. The topological polar surface area (TPSA) is 69.2 Å². The quantitative estimate of drug-likeness (QED) is 0.663. The Morgan fingerprint density at radius 2 is 1.65 bits per heavy atom. The Labute approximate surface area is 152 Å². The maximum Gasteiger partial charge on any atom is 0.203 e. The van der Waals surface area contributed by atoms with Crippen LogP contribution in [0.5, 0.6) is 11.5 Å². The first-order chi connectivity index (χ1) is 12.6. The molecule has 0 radical (unpaired) electrons. The molecule has 0 spiro atoms. The Kier molecular flexibility index (Phi) is 5.11. The van der Waals surface area contributed by atoms with Gasteiger partial charge in [-0.3, -0.25) is 10.2 Å². The van der Waals surface area contributed by atoms with Gasteiger partial charge in [0.05, 0.1) is 31.8 Å². The predicted octanol–water partition coefficient (Wildman–Crippen LogP) is 3.23. The van der Waals surface area contributed by atoms with Crippen LogP contribution in [0, 0.1) is 5.41 Å². The first kappa shape index (κ1) is 17.8. The molecule has 1 N–H and O–H groups in total. The van der Waals surface area contributed by atoms with E-state index >= 15 is 0 Å². The summed E-state index contributed by atoms with van der Waals surface area (Å²) in [5.41, 5.74) is 2.72. The molecule has 0 aliphatic carbocycles. The molecule has 136 valence electrons. The zero-order chi connectivity index (χ0) is 18.7. The van der Waals surface area contributed by atoms with Gasteiger partial charge in [-0.15, -0.1) is 0 Å². The second-order valence-electron chi connectivity index (χ2n) is 6.04. The third kappa shape index (κ3) is 3.10. The van der Waals surface area contributed by atoms with Crippen LogP contribution in [0.3, 0.4) is 0 Å². The first-order valence-corrected chi connectivity index (χ1v) is 8.58. The van der Waals surface area contributed by atoms with Crippen LogP contribution >= 0.6 is 0 Å². The van der Waals surface area contributed by atoms with Gasteiger partial charge in [0.25, 0.3) is 0 Å². The van der Waals surface area contributed by atoms with Gasteiger partial charge in [0, 0.05) is 12.1 Å². The number of benzene rings is 2.